The summed E-state index contributed by atoms with van der Waals surface area (Å²) in [6.45, 7) is 2.28. The molecular formula is C23H28ClFN6O. The zero-order chi connectivity index (χ0) is 22.2. The van der Waals surface area contributed by atoms with Crippen LogP contribution in [-0.4, -0.2) is 36.8 Å². The van der Waals surface area contributed by atoms with Crippen LogP contribution in [0.2, 0.25) is 5.02 Å². The Morgan fingerprint density at radius 1 is 1.12 bits per heavy atom. The number of aromatic nitrogens is 4. The molecule has 0 radical (unpaired) electrons. The van der Waals surface area contributed by atoms with Crippen LogP contribution in [0.3, 0.4) is 0 Å². The first kappa shape index (κ1) is 21.4. The van der Waals surface area contributed by atoms with Crippen molar-refractivity contribution in [3.8, 4) is 0 Å². The minimum atomic E-state index is -0.429. The Bertz CT molecular complexity index is 1090. The van der Waals surface area contributed by atoms with Crippen LogP contribution in [0.5, 0.6) is 0 Å². The van der Waals surface area contributed by atoms with Crippen molar-refractivity contribution in [2.45, 2.75) is 70.1 Å². The fourth-order valence-electron chi connectivity index (χ4n) is 4.90. The highest BCUT2D eigenvalue weighted by Gasteiger charge is 2.27. The topological polar surface area (TPSA) is 87.9 Å². The molecule has 0 amide bonds. The van der Waals surface area contributed by atoms with Gasteiger partial charge in [0.05, 0.1) is 23.0 Å². The number of hydrogen-bond donors (Lipinski definition) is 3. The third-order valence-corrected chi connectivity index (χ3v) is 7.04. The lowest BCUT2D eigenvalue weighted by Crippen LogP contribution is -2.20. The number of imidazole rings is 1. The van der Waals surface area contributed by atoms with Gasteiger partial charge in [0.25, 0.3) is 0 Å². The number of para-hydroxylation sites is 1. The smallest absolute Gasteiger partial charge is 0.224 e. The summed E-state index contributed by atoms with van der Waals surface area (Å²) < 4.78 is 16.6. The highest BCUT2D eigenvalue weighted by atomic mass is 35.5. The van der Waals surface area contributed by atoms with Crippen molar-refractivity contribution in [3.63, 3.8) is 0 Å². The molecule has 2 aromatic heterocycles. The summed E-state index contributed by atoms with van der Waals surface area (Å²) in [4.78, 5) is 13.9. The molecule has 170 valence electrons. The quantitative estimate of drug-likeness (QED) is 0.472. The standard InChI is InChI=1S/C23H28ClFN6O/c1-13-5-8-15(9-6-13)31-21-19(12-26-22(30-21)27-14-7-10-16(32)11-14)28-23(31)29-20-17(24)3-2-4-18(20)25/h2-4,12-16,32H,5-11H2,1H3,(H,28,29)(H,26,27,30)/t13?,14-,15?,16-/m0/s1. The van der Waals surface area contributed by atoms with Crippen LogP contribution < -0.4 is 10.6 Å². The van der Waals surface area contributed by atoms with Gasteiger partial charge in [-0.25, -0.2) is 14.4 Å². The summed E-state index contributed by atoms with van der Waals surface area (Å²) in [7, 11) is 0. The summed E-state index contributed by atoms with van der Waals surface area (Å²) in [6.07, 6.45) is 8.07. The Labute approximate surface area is 191 Å². The molecule has 0 bridgehead atoms. The predicted octanol–water partition coefficient (Wildman–Crippen LogP) is 5.44. The van der Waals surface area contributed by atoms with Gasteiger partial charge >= 0.3 is 0 Å². The molecule has 3 N–H and O–H groups in total. The Kier molecular flexibility index (Phi) is 5.90. The zero-order valence-electron chi connectivity index (χ0n) is 18.1. The van der Waals surface area contributed by atoms with Crippen LogP contribution in [0.25, 0.3) is 11.2 Å². The van der Waals surface area contributed by atoms with Crippen molar-refractivity contribution in [1.82, 2.24) is 19.5 Å². The first-order valence-corrected chi connectivity index (χ1v) is 11.8. The van der Waals surface area contributed by atoms with E-state index in [9.17, 15) is 9.50 Å². The summed E-state index contributed by atoms with van der Waals surface area (Å²) in [5, 5.41) is 16.6. The number of rotatable bonds is 5. The molecule has 2 aliphatic carbocycles. The number of halogens is 2. The Morgan fingerprint density at radius 3 is 2.66 bits per heavy atom. The van der Waals surface area contributed by atoms with Crippen molar-refractivity contribution >= 4 is 40.3 Å². The maximum absolute atomic E-state index is 14.5. The van der Waals surface area contributed by atoms with Gasteiger partial charge in [0.15, 0.2) is 5.65 Å². The van der Waals surface area contributed by atoms with Crippen LogP contribution in [0, 0.1) is 11.7 Å². The summed E-state index contributed by atoms with van der Waals surface area (Å²) in [6, 6.07) is 4.98. The van der Waals surface area contributed by atoms with E-state index in [0.717, 1.165) is 44.2 Å². The van der Waals surface area contributed by atoms with Gasteiger partial charge in [0.1, 0.15) is 11.3 Å². The van der Waals surface area contributed by atoms with Gasteiger partial charge in [-0.15, -0.1) is 0 Å². The summed E-state index contributed by atoms with van der Waals surface area (Å²) >= 11 is 6.27. The van der Waals surface area contributed by atoms with Gasteiger partial charge in [0.2, 0.25) is 11.9 Å². The van der Waals surface area contributed by atoms with Gasteiger partial charge in [-0.1, -0.05) is 24.6 Å². The van der Waals surface area contributed by atoms with Gasteiger partial charge in [-0.2, -0.15) is 4.98 Å². The molecule has 0 unspecified atom stereocenters. The molecule has 2 saturated carbocycles. The largest absolute Gasteiger partial charge is 0.393 e. The molecule has 2 heterocycles. The Morgan fingerprint density at radius 2 is 1.94 bits per heavy atom. The highest BCUT2D eigenvalue weighted by molar-refractivity contribution is 6.33. The summed E-state index contributed by atoms with van der Waals surface area (Å²) in [5.74, 6) is 1.31. The first-order chi connectivity index (χ1) is 15.5. The molecule has 9 heteroatoms. The minimum Gasteiger partial charge on any atom is -0.393 e. The average molecular weight is 459 g/mol. The number of aliphatic hydroxyl groups is 1. The molecule has 0 aliphatic heterocycles. The van der Waals surface area contributed by atoms with Crippen LogP contribution in [0.4, 0.5) is 22.0 Å². The Balaban J connectivity index is 1.53. The molecule has 7 nitrogen and oxygen atoms in total. The molecule has 2 aliphatic rings. The second-order valence-corrected chi connectivity index (χ2v) is 9.56. The van der Waals surface area contributed by atoms with E-state index in [2.05, 4.69) is 27.1 Å². The van der Waals surface area contributed by atoms with Crippen LogP contribution in [0.15, 0.2) is 24.4 Å². The van der Waals surface area contributed by atoms with Gasteiger partial charge < -0.3 is 15.7 Å². The zero-order valence-corrected chi connectivity index (χ0v) is 18.8. The van der Waals surface area contributed by atoms with E-state index in [4.69, 9.17) is 21.6 Å². The lowest BCUT2D eigenvalue weighted by atomic mass is 9.87. The number of nitrogens with one attached hydrogen (secondary N) is 2. The maximum Gasteiger partial charge on any atom is 0.224 e. The molecule has 1 aromatic carbocycles. The van der Waals surface area contributed by atoms with Crippen LogP contribution in [-0.2, 0) is 0 Å². The van der Waals surface area contributed by atoms with E-state index in [0.29, 0.717) is 34.8 Å². The van der Waals surface area contributed by atoms with Crippen molar-refractivity contribution in [2.75, 3.05) is 10.6 Å². The van der Waals surface area contributed by atoms with Crippen molar-refractivity contribution in [3.05, 3.63) is 35.2 Å². The molecule has 32 heavy (non-hydrogen) atoms. The number of hydrogen-bond acceptors (Lipinski definition) is 6. The SMILES string of the molecule is CC1CCC(n2c(Nc3c(F)cccc3Cl)nc3cnc(N[C@H]4CC[C@H](O)C4)nc32)CC1. The lowest BCUT2D eigenvalue weighted by Gasteiger charge is -2.28. The van der Waals surface area contributed by atoms with Crippen LogP contribution in [0.1, 0.15) is 57.9 Å². The third-order valence-electron chi connectivity index (χ3n) is 6.72. The lowest BCUT2D eigenvalue weighted by molar-refractivity contribution is 0.182. The maximum atomic E-state index is 14.5. The number of aliphatic hydroxyl groups excluding tert-OH is 1. The van der Waals surface area contributed by atoms with Gasteiger partial charge in [-0.3, -0.25) is 4.57 Å². The van der Waals surface area contributed by atoms with E-state index >= 15 is 0 Å². The molecule has 0 spiro atoms. The van der Waals surface area contributed by atoms with E-state index in [1.165, 1.54) is 6.07 Å². The van der Waals surface area contributed by atoms with Crippen LogP contribution >= 0.6 is 11.6 Å². The van der Waals surface area contributed by atoms with E-state index in [1.54, 1.807) is 18.3 Å². The minimum absolute atomic E-state index is 0.157. The Hall–Kier alpha value is -2.45. The third kappa shape index (κ3) is 4.26. The van der Waals surface area contributed by atoms with E-state index in [1.807, 2.05) is 0 Å². The highest BCUT2D eigenvalue weighted by Crippen LogP contribution is 2.38. The number of anilines is 3. The molecule has 5 rings (SSSR count). The van der Waals surface area contributed by atoms with Crippen molar-refractivity contribution < 1.29 is 9.50 Å². The molecule has 3 aromatic rings. The predicted molar refractivity (Wildman–Crippen MR) is 124 cm³/mol. The van der Waals surface area contributed by atoms with E-state index < -0.39 is 5.82 Å². The number of nitrogens with zero attached hydrogens (tertiary/aromatic N) is 4. The summed E-state index contributed by atoms with van der Waals surface area (Å²) in [5.41, 5.74) is 1.58. The average Bonchev–Trinajstić information content (AvgIpc) is 3.34. The number of fused-ring (bicyclic) bond motifs is 1. The van der Waals surface area contributed by atoms with Crippen molar-refractivity contribution in [2.24, 2.45) is 5.92 Å². The van der Waals surface area contributed by atoms with E-state index in [-0.39, 0.29) is 23.9 Å². The van der Waals surface area contributed by atoms with Gasteiger partial charge in [-0.05, 0) is 63.0 Å². The second kappa shape index (κ2) is 8.83. The monoisotopic (exact) mass is 458 g/mol. The molecule has 0 saturated heterocycles. The first-order valence-electron chi connectivity index (χ1n) is 11.4. The normalized spacial score (nSPS) is 25.9. The molecule has 2 fully saturated rings. The van der Waals surface area contributed by atoms with Crippen molar-refractivity contribution in [1.29, 1.82) is 0 Å². The fourth-order valence-corrected chi connectivity index (χ4v) is 5.11. The second-order valence-electron chi connectivity index (χ2n) is 9.15. The molecular weight excluding hydrogens is 431 g/mol. The molecule has 2 atom stereocenters. The van der Waals surface area contributed by atoms with Gasteiger partial charge in [0, 0.05) is 12.1 Å². The fraction of sp³-hybridized carbons (Fsp3) is 0.522. The number of benzene rings is 1.